The lowest BCUT2D eigenvalue weighted by Crippen LogP contribution is -1.75. The third-order valence-corrected chi connectivity index (χ3v) is 2.47. The van der Waals surface area contributed by atoms with Crippen LogP contribution in [0.1, 0.15) is 11.1 Å². The molecular formula is C12H5N4O+. The first-order valence-electron chi connectivity index (χ1n) is 4.67. The number of hydrogen-bond donors (Lipinski definition) is 1. The minimum Gasteiger partial charge on any atom is -0.507 e. The van der Waals surface area contributed by atoms with Crippen LogP contribution >= 0.6 is 0 Å². The van der Waals surface area contributed by atoms with Crippen LogP contribution in [0, 0.1) is 28.1 Å². The first-order valence-corrected chi connectivity index (χ1v) is 4.67. The van der Waals surface area contributed by atoms with Crippen molar-refractivity contribution in [2.45, 2.75) is 0 Å². The molecule has 0 bridgehead atoms. The van der Waals surface area contributed by atoms with Gasteiger partial charge < -0.3 is 5.11 Å². The molecule has 2 rings (SSSR count). The average Bonchev–Trinajstić information content (AvgIpc) is 2.54. The summed E-state index contributed by atoms with van der Waals surface area (Å²) in [5.74, 6) is -0.132. The van der Waals surface area contributed by atoms with Gasteiger partial charge in [0.05, 0.1) is 5.56 Å². The third-order valence-electron chi connectivity index (χ3n) is 2.47. The average molecular weight is 221 g/mol. The Morgan fingerprint density at radius 2 is 1.71 bits per heavy atom. The molecule has 0 saturated heterocycles. The van der Waals surface area contributed by atoms with Gasteiger partial charge in [-0.25, -0.2) is 0 Å². The van der Waals surface area contributed by atoms with Gasteiger partial charge >= 0.3 is 5.69 Å². The van der Waals surface area contributed by atoms with E-state index < -0.39 is 0 Å². The van der Waals surface area contributed by atoms with Crippen LogP contribution in [0.3, 0.4) is 0 Å². The van der Waals surface area contributed by atoms with Crippen molar-refractivity contribution in [3.8, 4) is 29.0 Å². The fourth-order valence-electron chi connectivity index (χ4n) is 1.77. The van der Waals surface area contributed by atoms with Gasteiger partial charge in [-0.3, -0.25) is 0 Å². The van der Waals surface area contributed by atoms with Crippen LogP contribution in [0.2, 0.25) is 0 Å². The second kappa shape index (κ2) is 3.81. The highest BCUT2D eigenvalue weighted by atomic mass is 16.3. The Kier molecular flexibility index (Phi) is 2.33. The molecule has 0 unspecified atom stereocenters. The number of nitriles is 2. The van der Waals surface area contributed by atoms with Crippen LogP contribution in [-0.4, -0.2) is 5.11 Å². The molecule has 0 radical (unpaired) electrons. The van der Waals surface area contributed by atoms with Crippen molar-refractivity contribution < 1.29 is 5.11 Å². The number of rotatable bonds is 0. The monoisotopic (exact) mass is 221 g/mol. The molecule has 0 aliphatic heterocycles. The van der Waals surface area contributed by atoms with Gasteiger partial charge in [-0.2, -0.15) is 10.5 Å². The van der Waals surface area contributed by atoms with E-state index in [1.54, 1.807) is 18.2 Å². The molecule has 78 valence electrons. The largest absolute Gasteiger partial charge is 0.507 e. The summed E-state index contributed by atoms with van der Waals surface area (Å²) in [7, 11) is 0. The van der Waals surface area contributed by atoms with Crippen LogP contribution in [-0.2, 0) is 0 Å². The lowest BCUT2D eigenvalue weighted by molar-refractivity contribution is 0.478. The van der Waals surface area contributed by atoms with Crippen molar-refractivity contribution in [2.75, 3.05) is 0 Å². The van der Waals surface area contributed by atoms with Gasteiger partial charge in [-0.05, 0) is 6.07 Å². The van der Waals surface area contributed by atoms with Gasteiger partial charge in [0.1, 0.15) is 17.9 Å². The van der Waals surface area contributed by atoms with E-state index in [4.69, 9.17) is 15.9 Å². The maximum atomic E-state index is 9.79. The van der Waals surface area contributed by atoms with Crippen LogP contribution in [0.5, 0.6) is 5.75 Å². The first kappa shape index (κ1) is 10.4. The third kappa shape index (κ3) is 1.33. The summed E-state index contributed by atoms with van der Waals surface area (Å²) in [6.45, 7) is 0. The summed E-state index contributed by atoms with van der Waals surface area (Å²) in [6.07, 6.45) is 0. The van der Waals surface area contributed by atoms with Gasteiger partial charge in [0, 0.05) is 5.56 Å². The summed E-state index contributed by atoms with van der Waals surface area (Å²) >= 11 is 0. The molecule has 0 spiro atoms. The Bertz CT molecular complexity index is 700. The quantitative estimate of drug-likeness (QED) is 0.691. The summed E-state index contributed by atoms with van der Waals surface area (Å²) < 4.78 is 0. The minimum atomic E-state index is -0.132. The number of hydrogen-bond acceptors (Lipinski definition) is 4. The molecule has 0 atom stereocenters. The highest BCUT2D eigenvalue weighted by Gasteiger charge is 2.33. The molecule has 0 aromatic carbocycles. The zero-order chi connectivity index (χ0) is 12.4. The highest BCUT2D eigenvalue weighted by Crippen LogP contribution is 2.45. The van der Waals surface area contributed by atoms with E-state index in [-0.39, 0.29) is 28.1 Å². The Morgan fingerprint density at radius 3 is 2.29 bits per heavy atom. The molecule has 0 fully saturated rings. The second-order valence-electron chi connectivity index (χ2n) is 3.31. The lowest BCUT2D eigenvalue weighted by Gasteiger charge is -1.94. The van der Waals surface area contributed by atoms with Crippen molar-refractivity contribution in [1.29, 1.82) is 15.9 Å². The predicted octanol–water partition coefficient (Wildman–Crippen LogP) is 2.72. The van der Waals surface area contributed by atoms with Crippen molar-refractivity contribution in [1.82, 2.24) is 0 Å². The van der Waals surface area contributed by atoms with E-state index in [1.165, 1.54) is 6.07 Å². The Balaban J connectivity index is 3.06. The molecule has 0 heterocycles. The summed E-state index contributed by atoms with van der Waals surface area (Å²) in [5, 5.41) is 36.7. The second-order valence-corrected chi connectivity index (χ2v) is 3.31. The highest BCUT2D eigenvalue weighted by molar-refractivity contribution is 5.94. The number of nitrogens with zero attached hydrogens (tertiary/aromatic N) is 4. The standard InChI is InChI=1S/C12H4N4O/c13-5-8-7-3-1-2-4-10(17)11(7)9(6-14)12(8)16-15/h1-4H/p+1. The van der Waals surface area contributed by atoms with Gasteiger partial charge in [0.25, 0.3) is 0 Å². The van der Waals surface area contributed by atoms with Crippen LogP contribution in [0.4, 0.5) is 5.69 Å². The van der Waals surface area contributed by atoms with E-state index in [0.29, 0.717) is 5.56 Å². The molecule has 0 amide bonds. The van der Waals surface area contributed by atoms with Gasteiger partial charge in [-0.15, -0.1) is 0 Å². The smallest absolute Gasteiger partial charge is 0.421 e. The zero-order valence-electron chi connectivity index (χ0n) is 8.55. The Labute approximate surface area is 96.7 Å². The van der Waals surface area contributed by atoms with Crippen LogP contribution in [0.15, 0.2) is 24.3 Å². The lowest BCUT2D eigenvalue weighted by atomic mass is 10.1. The van der Waals surface area contributed by atoms with Crippen LogP contribution < -0.4 is 0 Å². The van der Waals surface area contributed by atoms with Crippen molar-refractivity contribution >= 4 is 5.69 Å². The van der Waals surface area contributed by atoms with E-state index >= 15 is 0 Å². The SMILES string of the molecule is N#Cc1c2ccccc(O)c-2c(C#N)c1[N+]#N. The normalized spacial score (nSPS) is 9.24. The summed E-state index contributed by atoms with van der Waals surface area (Å²) in [6, 6.07) is 9.92. The molecule has 0 saturated carbocycles. The van der Waals surface area contributed by atoms with E-state index in [0.717, 1.165) is 0 Å². The van der Waals surface area contributed by atoms with Crippen molar-refractivity contribution in [3.63, 3.8) is 0 Å². The maximum absolute atomic E-state index is 9.79. The van der Waals surface area contributed by atoms with Gasteiger partial charge in [-0.1, -0.05) is 18.2 Å². The summed E-state index contributed by atoms with van der Waals surface area (Å²) in [4.78, 5) is 2.95. The fourth-order valence-corrected chi connectivity index (χ4v) is 1.77. The molecular weight excluding hydrogens is 216 g/mol. The first-order chi connectivity index (χ1) is 8.24. The molecule has 0 aromatic rings. The van der Waals surface area contributed by atoms with Gasteiger partial charge in [0.2, 0.25) is 5.39 Å². The van der Waals surface area contributed by atoms with Crippen LogP contribution in [0.25, 0.3) is 16.1 Å². The topological polar surface area (TPSA) is 96.0 Å². The maximum Gasteiger partial charge on any atom is 0.421 e. The molecule has 5 nitrogen and oxygen atoms in total. The Hall–Kier alpha value is -3.10. The summed E-state index contributed by atoms with van der Waals surface area (Å²) in [5.41, 5.74) is 0.575. The molecule has 17 heavy (non-hydrogen) atoms. The molecule has 0 aromatic heterocycles. The molecule has 2 aliphatic carbocycles. The molecule has 5 heteroatoms. The predicted molar refractivity (Wildman–Crippen MR) is 58.9 cm³/mol. The number of fused-ring (bicyclic) bond motifs is 1. The van der Waals surface area contributed by atoms with E-state index in [2.05, 4.69) is 4.98 Å². The fraction of sp³-hybridized carbons (Fsp3) is 0. The number of aromatic hydroxyl groups is 1. The van der Waals surface area contributed by atoms with Gasteiger partial charge in [0.15, 0.2) is 16.1 Å². The van der Waals surface area contributed by atoms with E-state index in [1.807, 2.05) is 12.1 Å². The Morgan fingerprint density at radius 1 is 1.06 bits per heavy atom. The van der Waals surface area contributed by atoms with E-state index in [9.17, 15) is 5.11 Å². The minimum absolute atomic E-state index is 0.00671. The zero-order valence-corrected chi connectivity index (χ0v) is 8.55. The van der Waals surface area contributed by atoms with Crippen molar-refractivity contribution in [2.24, 2.45) is 0 Å². The molecule has 2 aliphatic rings. The van der Waals surface area contributed by atoms with Crippen molar-refractivity contribution in [3.05, 3.63) is 40.4 Å². The molecule has 1 N–H and O–H groups in total. The number of diazo groups is 1.